The summed E-state index contributed by atoms with van der Waals surface area (Å²) in [5.41, 5.74) is 0. The molecule has 0 saturated carbocycles. The van der Waals surface area contributed by atoms with Crippen molar-refractivity contribution in [1.82, 2.24) is 0 Å². The van der Waals surface area contributed by atoms with Crippen LogP contribution in [0, 0.1) is 0 Å². The summed E-state index contributed by atoms with van der Waals surface area (Å²) in [6.07, 6.45) is 3.59. The minimum atomic E-state index is -1.28. The quantitative estimate of drug-likeness (QED) is 0.480. The van der Waals surface area contributed by atoms with E-state index in [1.165, 1.54) is 19.3 Å². The normalized spacial score (nSPS) is 13.2. The fraction of sp³-hybridized carbons (Fsp3) is 1.00. The van der Waals surface area contributed by atoms with Crippen LogP contribution in [0.1, 0.15) is 19.3 Å². The summed E-state index contributed by atoms with van der Waals surface area (Å²) in [5, 5.41) is 0. The summed E-state index contributed by atoms with van der Waals surface area (Å²) in [6, 6.07) is 0. The molecule has 0 saturated heterocycles. The second kappa shape index (κ2) is 6.83. The summed E-state index contributed by atoms with van der Waals surface area (Å²) >= 11 is 0. The molecule has 0 aromatic carbocycles. The molecule has 4 heteroatoms. The standard InChI is InChI=1S/C11H28O2Si2/c1-14(2,3)12-10-8-7-9-11-13-15(4,5)6/h7-11H2,1-6H3. The lowest BCUT2D eigenvalue weighted by molar-refractivity contribution is 0.273. The van der Waals surface area contributed by atoms with Crippen LogP contribution in [0.4, 0.5) is 0 Å². The zero-order valence-electron chi connectivity index (χ0n) is 11.4. The van der Waals surface area contributed by atoms with Crippen molar-refractivity contribution in [3.8, 4) is 0 Å². The fourth-order valence-corrected chi connectivity index (χ4v) is 2.65. The molecular formula is C11H28O2Si2. The van der Waals surface area contributed by atoms with Crippen LogP contribution >= 0.6 is 0 Å². The van der Waals surface area contributed by atoms with Crippen molar-refractivity contribution in [1.29, 1.82) is 0 Å². The first-order valence-electron chi connectivity index (χ1n) is 5.99. The van der Waals surface area contributed by atoms with E-state index < -0.39 is 16.6 Å². The minimum Gasteiger partial charge on any atom is -0.418 e. The smallest absolute Gasteiger partial charge is 0.183 e. The van der Waals surface area contributed by atoms with Crippen molar-refractivity contribution in [3.63, 3.8) is 0 Å². The maximum atomic E-state index is 5.78. The molecule has 0 fully saturated rings. The topological polar surface area (TPSA) is 18.5 Å². The van der Waals surface area contributed by atoms with Gasteiger partial charge in [-0.3, -0.25) is 0 Å². The van der Waals surface area contributed by atoms with Gasteiger partial charge in [0.1, 0.15) is 0 Å². The predicted molar refractivity (Wildman–Crippen MR) is 72.4 cm³/mol. The molecule has 0 radical (unpaired) electrons. The Labute approximate surface area is 97.6 Å². The van der Waals surface area contributed by atoms with Gasteiger partial charge in [0.2, 0.25) is 0 Å². The van der Waals surface area contributed by atoms with Gasteiger partial charge in [-0.25, -0.2) is 0 Å². The van der Waals surface area contributed by atoms with Crippen LogP contribution in [0.2, 0.25) is 39.3 Å². The molecule has 0 aromatic rings. The molecule has 0 aromatic heterocycles. The lowest BCUT2D eigenvalue weighted by Crippen LogP contribution is -2.26. The first kappa shape index (κ1) is 15.4. The highest BCUT2D eigenvalue weighted by Gasteiger charge is 2.14. The number of hydrogen-bond donors (Lipinski definition) is 0. The third-order valence-corrected chi connectivity index (χ3v) is 4.00. The van der Waals surface area contributed by atoms with Gasteiger partial charge in [-0.15, -0.1) is 0 Å². The van der Waals surface area contributed by atoms with Gasteiger partial charge in [0.15, 0.2) is 16.6 Å². The van der Waals surface area contributed by atoms with Crippen LogP contribution in [0.15, 0.2) is 0 Å². The Morgan fingerprint density at radius 2 is 0.933 bits per heavy atom. The molecule has 0 aliphatic heterocycles. The first-order chi connectivity index (χ1) is 6.71. The van der Waals surface area contributed by atoms with Gasteiger partial charge < -0.3 is 8.85 Å². The lowest BCUT2D eigenvalue weighted by atomic mass is 10.2. The highest BCUT2D eigenvalue weighted by Crippen LogP contribution is 2.07. The average molecular weight is 249 g/mol. The van der Waals surface area contributed by atoms with E-state index in [1.807, 2.05) is 0 Å². The summed E-state index contributed by atoms with van der Waals surface area (Å²) in [6.45, 7) is 15.3. The van der Waals surface area contributed by atoms with Crippen LogP contribution in [0.25, 0.3) is 0 Å². The first-order valence-corrected chi connectivity index (χ1v) is 12.8. The SMILES string of the molecule is C[Si](C)(C)OCCCCCO[Si](C)(C)C. The maximum absolute atomic E-state index is 5.78. The summed E-state index contributed by atoms with van der Waals surface area (Å²) in [7, 11) is -2.56. The van der Waals surface area contributed by atoms with Crippen LogP contribution in [0.3, 0.4) is 0 Å². The number of unbranched alkanes of at least 4 members (excludes halogenated alkanes) is 2. The third-order valence-electron chi connectivity index (χ3n) is 1.86. The molecule has 0 N–H and O–H groups in total. The minimum absolute atomic E-state index is 0.933. The van der Waals surface area contributed by atoms with E-state index in [9.17, 15) is 0 Å². The Balaban J connectivity index is 3.20. The van der Waals surface area contributed by atoms with Gasteiger partial charge in [-0.05, 0) is 58.5 Å². The van der Waals surface area contributed by atoms with Crippen LogP contribution < -0.4 is 0 Å². The summed E-state index contributed by atoms with van der Waals surface area (Å²) in [4.78, 5) is 0. The molecule has 92 valence electrons. The molecule has 0 aliphatic carbocycles. The number of rotatable bonds is 8. The van der Waals surface area contributed by atoms with E-state index in [2.05, 4.69) is 39.3 Å². The molecule has 0 bridgehead atoms. The second-order valence-corrected chi connectivity index (χ2v) is 15.0. The van der Waals surface area contributed by atoms with Gasteiger partial charge in [0, 0.05) is 13.2 Å². The van der Waals surface area contributed by atoms with Crippen molar-refractivity contribution < 1.29 is 8.85 Å². The van der Waals surface area contributed by atoms with Crippen LogP contribution in [0.5, 0.6) is 0 Å². The Morgan fingerprint density at radius 1 is 0.600 bits per heavy atom. The molecule has 0 spiro atoms. The highest BCUT2D eigenvalue weighted by atomic mass is 28.4. The Hall–Kier alpha value is 0.354. The van der Waals surface area contributed by atoms with Crippen molar-refractivity contribution in [2.24, 2.45) is 0 Å². The second-order valence-electron chi connectivity index (χ2n) is 5.98. The lowest BCUT2D eigenvalue weighted by Gasteiger charge is -2.18. The van der Waals surface area contributed by atoms with Gasteiger partial charge in [0.05, 0.1) is 0 Å². The Kier molecular flexibility index (Phi) is 6.99. The van der Waals surface area contributed by atoms with Crippen molar-refractivity contribution in [2.75, 3.05) is 13.2 Å². The summed E-state index contributed by atoms with van der Waals surface area (Å²) < 4.78 is 11.6. The zero-order valence-corrected chi connectivity index (χ0v) is 13.4. The Bertz CT molecular complexity index is 141. The molecule has 0 amide bonds. The summed E-state index contributed by atoms with van der Waals surface area (Å²) in [5.74, 6) is 0. The molecule has 0 heterocycles. The Morgan fingerprint density at radius 3 is 1.20 bits per heavy atom. The van der Waals surface area contributed by atoms with Gasteiger partial charge in [-0.2, -0.15) is 0 Å². The van der Waals surface area contributed by atoms with E-state index in [1.54, 1.807) is 0 Å². The molecular weight excluding hydrogens is 220 g/mol. The molecule has 0 aliphatic rings. The fourth-order valence-electron chi connectivity index (χ4n) is 1.14. The monoisotopic (exact) mass is 248 g/mol. The van der Waals surface area contributed by atoms with Crippen molar-refractivity contribution in [2.45, 2.75) is 58.5 Å². The van der Waals surface area contributed by atoms with Crippen LogP contribution in [-0.2, 0) is 8.85 Å². The van der Waals surface area contributed by atoms with Gasteiger partial charge in [-0.1, -0.05) is 0 Å². The average Bonchev–Trinajstić information content (AvgIpc) is 1.98. The van der Waals surface area contributed by atoms with Crippen molar-refractivity contribution >= 4 is 16.6 Å². The number of hydrogen-bond acceptors (Lipinski definition) is 2. The van der Waals surface area contributed by atoms with E-state index in [0.717, 1.165) is 13.2 Å². The van der Waals surface area contributed by atoms with Crippen LogP contribution in [-0.4, -0.2) is 29.8 Å². The largest absolute Gasteiger partial charge is 0.418 e. The van der Waals surface area contributed by atoms with Crippen molar-refractivity contribution in [3.05, 3.63) is 0 Å². The molecule has 2 nitrogen and oxygen atoms in total. The predicted octanol–water partition coefficient (Wildman–Crippen LogP) is 3.86. The van der Waals surface area contributed by atoms with Gasteiger partial charge >= 0.3 is 0 Å². The molecule has 15 heavy (non-hydrogen) atoms. The maximum Gasteiger partial charge on any atom is 0.183 e. The highest BCUT2D eigenvalue weighted by molar-refractivity contribution is 6.70. The van der Waals surface area contributed by atoms with E-state index >= 15 is 0 Å². The molecule has 0 rings (SSSR count). The van der Waals surface area contributed by atoms with E-state index in [4.69, 9.17) is 8.85 Å². The molecule has 0 unspecified atom stereocenters. The van der Waals surface area contributed by atoms with E-state index in [0.29, 0.717) is 0 Å². The van der Waals surface area contributed by atoms with E-state index in [-0.39, 0.29) is 0 Å². The molecule has 0 atom stereocenters. The third kappa shape index (κ3) is 14.4. The van der Waals surface area contributed by atoms with Gasteiger partial charge in [0.25, 0.3) is 0 Å². The zero-order chi connectivity index (χ0) is 11.9.